The highest BCUT2D eigenvalue weighted by molar-refractivity contribution is 6.09. The van der Waals surface area contributed by atoms with Gasteiger partial charge < -0.3 is 25.4 Å². The maximum absolute atomic E-state index is 13.0. The van der Waals surface area contributed by atoms with Crippen molar-refractivity contribution in [2.24, 2.45) is 0 Å². The number of halogens is 1. The number of hydrogen-bond acceptors (Lipinski definition) is 6. The molecule has 0 radical (unpaired) electrons. The van der Waals surface area contributed by atoms with Gasteiger partial charge in [0.05, 0.1) is 6.54 Å². The average Bonchev–Trinajstić information content (AvgIpc) is 3.02. The van der Waals surface area contributed by atoms with E-state index in [4.69, 9.17) is 9.47 Å². The molecule has 0 bridgehead atoms. The van der Waals surface area contributed by atoms with Crippen LogP contribution in [0, 0.1) is 5.82 Å². The number of carbonyl (C=O) groups excluding carboxylic acids is 4. The van der Waals surface area contributed by atoms with Gasteiger partial charge in [0.25, 0.3) is 5.91 Å². The first-order valence-electron chi connectivity index (χ1n) is 10.1. The van der Waals surface area contributed by atoms with E-state index in [1.54, 1.807) is 18.2 Å². The van der Waals surface area contributed by atoms with Gasteiger partial charge in [-0.25, -0.2) is 9.18 Å². The van der Waals surface area contributed by atoms with Crippen LogP contribution in [0.25, 0.3) is 0 Å². The number of urea groups is 1. The van der Waals surface area contributed by atoms with Crippen LogP contribution in [0.15, 0.2) is 42.5 Å². The Kier molecular flexibility index (Phi) is 5.86. The Balaban J connectivity index is 1.36. The highest BCUT2D eigenvalue weighted by Gasteiger charge is 2.49. The molecule has 2 heterocycles. The van der Waals surface area contributed by atoms with Crippen molar-refractivity contribution in [3.8, 4) is 11.5 Å². The lowest BCUT2D eigenvalue weighted by atomic mass is 9.91. The minimum atomic E-state index is -1.40. The molecule has 2 aromatic rings. The zero-order valence-electron chi connectivity index (χ0n) is 17.6. The number of rotatable bonds is 6. The van der Waals surface area contributed by atoms with E-state index in [1.165, 1.54) is 31.2 Å². The predicted molar refractivity (Wildman–Crippen MR) is 113 cm³/mol. The maximum Gasteiger partial charge on any atom is 0.325 e. The van der Waals surface area contributed by atoms with Gasteiger partial charge in [-0.05, 0) is 48.9 Å². The fourth-order valence-corrected chi connectivity index (χ4v) is 3.51. The molecule has 2 aliphatic heterocycles. The zero-order valence-corrected chi connectivity index (χ0v) is 17.6. The molecule has 2 aliphatic rings. The van der Waals surface area contributed by atoms with E-state index in [-0.39, 0.29) is 6.54 Å². The van der Waals surface area contributed by atoms with E-state index in [2.05, 4.69) is 16.0 Å². The normalized spacial score (nSPS) is 19.2. The Morgan fingerprint density at radius 1 is 1.06 bits per heavy atom. The standard InChI is InChI=1S/C22H21FN4O6/c1-22(13-2-7-16-17(10-13)33-9-8-32-16)20(30)27(21(31)26-22)12-19(29)24-11-18(28)25-15-5-3-14(23)4-6-15/h2-7,10H,8-9,11-12H2,1H3,(H,24,29)(H,25,28)(H,26,31)/t22-/m0/s1. The molecule has 11 heteroatoms. The molecule has 10 nitrogen and oxygen atoms in total. The fraction of sp³-hybridized carbons (Fsp3) is 0.273. The number of fused-ring (bicyclic) bond motifs is 1. The summed E-state index contributed by atoms with van der Waals surface area (Å²) in [5.41, 5.74) is -0.556. The van der Waals surface area contributed by atoms with E-state index in [1.807, 2.05) is 0 Å². The summed E-state index contributed by atoms with van der Waals surface area (Å²) in [7, 11) is 0. The van der Waals surface area contributed by atoms with Crippen LogP contribution >= 0.6 is 0 Å². The summed E-state index contributed by atoms with van der Waals surface area (Å²) < 4.78 is 23.9. The molecule has 1 atom stereocenters. The summed E-state index contributed by atoms with van der Waals surface area (Å²) in [6, 6.07) is 9.31. The van der Waals surface area contributed by atoms with Crippen molar-refractivity contribution in [3.05, 3.63) is 53.8 Å². The van der Waals surface area contributed by atoms with Gasteiger partial charge in [0.15, 0.2) is 11.5 Å². The smallest absolute Gasteiger partial charge is 0.325 e. The first kappa shape index (κ1) is 22.1. The molecule has 0 unspecified atom stereocenters. The second-order valence-electron chi connectivity index (χ2n) is 7.64. The van der Waals surface area contributed by atoms with Gasteiger partial charge in [0.1, 0.15) is 31.1 Å². The van der Waals surface area contributed by atoms with Gasteiger partial charge in [-0.15, -0.1) is 0 Å². The minimum absolute atomic E-state index is 0.361. The number of ether oxygens (including phenoxy) is 2. The van der Waals surface area contributed by atoms with Crippen molar-refractivity contribution in [1.29, 1.82) is 0 Å². The lowest BCUT2D eigenvalue weighted by Gasteiger charge is -2.25. The minimum Gasteiger partial charge on any atom is -0.486 e. The third-order valence-electron chi connectivity index (χ3n) is 5.27. The summed E-state index contributed by atoms with van der Waals surface area (Å²) in [5, 5.41) is 7.46. The summed E-state index contributed by atoms with van der Waals surface area (Å²) in [5.74, 6) is -1.30. The van der Waals surface area contributed by atoms with Crippen LogP contribution in [0.4, 0.5) is 14.9 Å². The molecule has 4 rings (SSSR count). The first-order chi connectivity index (χ1) is 15.8. The Labute approximate surface area is 188 Å². The van der Waals surface area contributed by atoms with Gasteiger partial charge in [-0.2, -0.15) is 0 Å². The molecule has 33 heavy (non-hydrogen) atoms. The van der Waals surface area contributed by atoms with E-state index in [0.29, 0.717) is 36.0 Å². The lowest BCUT2D eigenvalue weighted by Crippen LogP contribution is -2.44. The molecule has 1 fully saturated rings. The quantitative estimate of drug-likeness (QED) is 0.560. The predicted octanol–water partition coefficient (Wildman–Crippen LogP) is 1.12. The topological polar surface area (TPSA) is 126 Å². The van der Waals surface area contributed by atoms with E-state index < -0.39 is 41.7 Å². The van der Waals surface area contributed by atoms with Crippen molar-refractivity contribution in [2.75, 3.05) is 31.6 Å². The van der Waals surface area contributed by atoms with Gasteiger partial charge in [0.2, 0.25) is 11.8 Å². The van der Waals surface area contributed by atoms with Crippen LogP contribution < -0.4 is 25.4 Å². The Bertz CT molecular complexity index is 1120. The van der Waals surface area contributed by atoms with Gasteiger partial charge in [0, 0.05) is 5.69 Å². The summed E-state index contributed by atoms with van der Waals surface area (Å²) in [6.07, 6.45) is 0. The summed E-state index contributed by atoms with van der Waals surface area (Å²) >= 11 is 0. The highest BCUT2D eigenvalue weighted by atomic mass is 19.1. The molecule has 3 N–H and O–H groups in total. The number of amides is 5. The molecule has 0 spiro atoms. The second kappa shape index (κ2) is 8.77. The SMILES string of the molecule is C[C@@]1(c2ccc3c(c2)OCCO3)NC(=O)N(CC(=O)NCC(=O)Nc2ccc(F)cc2)C1=O. The van der Waals surface area contributed by atoms with Crippen molar-refractivity contribution < 1.29 is 33.0 Å². The third-order valence-corrected chi connectivity index (χ3v) is 5.27. The van der Waals surface area contributed by atoms with E-state index in [0.717, 1.165) is 4.90 Å². The maximum atomic E-state index is 13.0. The largest absolute Gasteiger partial charge is 0.486 e. The third kappa shape index (κ3) is 4.56. The second-order valence-corrected chi connectivity index (χ2v) is 7.64. The fourth-order valence-electron chi connectivity index (χ4n) is 3.51. The molecule has 0 aromatic heterocycles. The lowest BCUT2D eigenvalue weighted by molar-refractivity contribution is -0.135. The van der Waals surface area contributed by atoms with Gasteiger partial charge in [-0.3, -0.25) is 19.3 Å². The number of imide groups is 1. The van der Waals surface area contributed by atoms with Crippen LogP contribution in [0.5, 0.6) is 11.5 Å². The number of hydrogen-bond donors (Lipinski definition) is 3. The number of benzene rings is 2. The number of nitrogens with zero attached hydrogens (tertiary/aromatic N) is 1. The monoisotopic (exact) mass is 456 g/mol. The van der Waals surface area contributed by atoms with Crippen molar-refractivity contribution in [1.82, 2.24) is 15.5 Å². The van der Waals surface area contributed by atoms with Crippen molar-refractivity contribution in [2.45, 2.75) is 12.5 Å². The van der Waals surface area contributed by atoms with Crippen LogP contribution in [0.2, 0.25) is 0 Å². The van der Waals surface area contributed by atoms with Crippen LogP contribution in [-0.2, 0) is 19.9 Å². The number of nitrogens with one attached hydrogen (secondary N) is 3. The first-order valence-corrected chi connectivity index (χ1v) is 10.1. The molecular weight excluding hydrogens is 435 g/mol. The van der Waals surface area contributed by atoms with Crippen LogP contribution in [0.1, 0.15) is 12.5 Å². The van der Waals surface area contributed by atoms with Gasteiger partial charge >= 0.3 is 6.03 Å². The molecule has 2 aromatic carbocycles. The van der Waals surface area contributed by atoms with Gasteiger partial charge in [-0.1, -0.05) is 6.07 Å². The molecular formula is C22H21FN4O6. The van der Waals surface area contributed by atoms with Crippen LogP contribution in [-0.4, -0.2) is 55.0 Å². The van der Waals surface area contributed by atoms with Crippen LogP contribution in [0.3, 0.4) is 0 Å². The van der Waals surface area contributed by atoms with Crippen molar-refractivity contribution >= 4 is 29.4 Å². The van der Waals surface area contributed by atoms with Crippen molar-refractivity contribution in [3.63, 3.8) is 0 Å². The number of anilines is 1. The zero-order chi connectivity index (χ0) is 23.6. The Morgan fingerprint density at radius 3 is 2.48 bits per heavy atom. The molecule has 0 aliphatic carbocycles. The Morgan fingerprint density at radius 2 is 1.76 bits per heavy atom. The highest BCUT2D eigenvalue weighted by Crippen LogP contribution is 2.36. The molecule has 0 saturated carbocycles. The summed E-state index contributed by atoms with van der Waals surface area (Å²) in [4.78, 5) is 50.5. The summed E-state index contributed by atoms with van der Waals surface area (Å²) in [6.45, 7) is 1.37. The van der Waals surface area contributed by atoms with E-state index in [9.17, 15) is 23.6 Å². The molecule has 1 saturated heterocycles. The Hall–Kier alpha value is -4.15. The average molecular weight is 456 g/mol. The molecule has 172 valence electrons. The van der Waals surface area contributed by atoms with E-state index >= 15 is 0 Å². The molecule has 5 amide bonds. The number of carbonyl (C=O) groups is 4.